The summed E-state index contributed by atoms with van der Waals surface area (Å²) in [6.07, 6.45) is 1.57. The molecule has 7 nitrogen and oxygen atoms in total. The van der Waals surface area contributed by atoms with Crippen LogP contribution in [0.25, 0.3) is 0 Å². The van der Waals surface area contributed by atoms with Crippen LogP contribution >= 0.6 is 11.8 Å². The van der Waals surface area contributed by atoms with Gasteiger partial charge in [-0.05, 0) is 17.7 Å². The lowest BCUT2D eigenvalue weighted by atomic mass is 10.2. The second kappa shape index (κ2) is 10.4. The lowest BCUT2D eigenvalue weighted by molar-refractivity contribution is -0.122. The van der Waals surface area contributed by atoms with Crippen LogP contribution < -0.4 is 10.6 Å². The fourth-order valence-electron chi connectivity index (χ4n) is 2.43. The van der Waals surface area contributed by atoms with E-state index in [1.165, 1.54) is 28.8 Å². The third kappa shape index (κ3) is 6.72. The van der Waals surface area contributed by atoms with Gasteiger partial charge >= 0.3 is 0 Å². The maximum atomic E-state index is 13.5. The Morgan fingerprint density at radius 1 is 1.03 bits per heavy atom. The lowest BCUT2D eigenvalue weighted by Gasteiger charge is -2.05. The Balaban J connectivity index is 1.39. The SMILES string of the molecule is O=C(Cn1cnc(NC(=O)CCSc2ccccc2F)n1)NCc1ccccc1. The van der Waals surface area contributed by atoms with Gasteiger partial charge in [0.15, 0.2) is 0 Å². The first kappa shape index (κ1) is 20.5. The summed E-state index contributed by atoms with van der Waals surface area (Å²) < 4.78 is 14.9. The molecule has 2 N–H and O–H groups in total. The van der Waals surface area contributed by atoms with E-state index < -0.39 is 0 Å². The van der Waals surface area contributed by atoms with Crippen LogP contribution in [0.1, 0.15) is 12.0 Å². The molecule has 0 fully saturated rings. The average molecular weight is 413 g/mol. The van der Waals surface area contributed by atoms with Crippen LogP contribution in [0.2, 0.25) is 0 Å². The van der Waals surface area contributed by atoms with Crippen molar-refractivity contribution in [2.45, 2.75) is 24.4 Å². The second-order valence-corrected chi connectivity index (χ2v) is 7.24. The second-order valence-electron chi connectivity index (χ2n) is 6.11. The molecule has 0 radical (unpaired) electrons. The molecular weight excluding hydrogens is 393 g/mol. The monoisotopic (exact) mass is 413 g/mol. The number of hydrogen-bond donors (Lipinski definition) is 2. The number of carbonyl (C=O) groups excluding carboxylic acids is 2. The van der Waals surface area contributed by atoms with Gasteiger partial charge in [-0.1, -0.05) is 42.5 Å². The Morgan fingerprint density at radius 3 is 2.59 bits per heavy atom. The molecule has 2 aromatic carbocycles. The molecule has 0 saturated heterocycles. The van der Waals surface area contributed by atoms with E-state index in [4.69, 9.17) is 0 Å². The Labute approximate surface area is 171 Å². The van der Waals surface area contributed by atoms with E-state index in [0.29, 0.717) is 17.2 Å². The third-order valence-corrected chi connectivity index (χ3v) is 4.90. The van der Waals surface area contributed by atoms with Crippen molar-refractivity contribution in [3.63, 3.8) is 0 Å². The molecule has 0 bridgehead atoms. The van der Waals surface area contributed by atoms with Crippen molar-refractivity contribution in [1.82, 2.24) is 20.1 Å². The van der Waals surface area contributed by atoms with Gasteiger partial charge in [0, 0.05) is 23.6 Å². The first-order valence-electron chi connectivity index (χ1n) is 8.97. The molecule has 0 aliphatic carbocycles. The molecule has 9 heteroatoms. The van der Waals surface area contributed by atoms with Crippen LogP contribution in [0, 0.1) is 5.82 Å². The number of amides is 2. The van der Waals surface area contributed by atoms with Gasteiger partial charge in [-0.25, -0.2) is 14.1 Å². The van der Waals surface area contributed by atoms with Gasteiger partial charge in [0.25, 0.3) is 0 Å². The normalized spacial score (nSPS) is 10.5. The number of nitrogens with one attached hydrogen (secondary N) is 2. The minimum atomic E-state index is -0.302. The van der Waals surface area contributed by atoms with E-state index >= 15 is 0 Å². The van der Waals surface area contributed by atoms with E-state index in [1.807, 2.05) is 30.3 Å². The number of halogens is 1. The summed E-state index contributed by atoms with van der Waals surface area (Å²) in [5.41, 5.74) is 1.00. The predicted octanol–water partition coefficient (Wildman–Crippen LogP) is 2.85. The maximum Gasteiger partial charge on any atom is 0.248 e. The Bertz CT molecular complexity index is 964. The highest BCUT2D eigenvalue weighted by molar-refractivity contribution is 7.99. The highest BCUT2D eigenvalue weighted by Gasteiger charge is 2.10. The predicted molar refractivity (Wildman–Crippen MR) is 109 cm³/mol. The van der Waals surface area contributed by atoms with Crippen molar-refractivity contribution < 1.29 is 14.0 Å². The van der Waals surface area contributed by atoms with Gasteiger partial charge in [0.1, 0.15) is 18.7 Å². The summed E-state index contributed by atoms with van der Waals surface area (Å²) in [5, 5.41) is 9.44. The number of nitrogens with zero attached hydrogens (tertiary/aromatic N) is 3. The molecule has 3 aromatic rings. The van der Waals surface area contributed by atoms with Gasteiger partial charge in [-0.2, -0.15) is 0 Å². The number of rotatable bonds is 9. The molecule has 3 rings (SSSR count). The molecule has 0 aliphatic rings. The zero-order valence-corrected chi connectivity index (χ0v) is 16.4. The van der Waals surface area contributed by atoms with E-state index in [-0.39, 0.29) is 36.5 Å². The van der Waals surface area contributed by atoms with Gasteiger partial charge in [-0.15, -0.1) is 16.9 Å². The van der Waals surface area contributed by atoms with E-state index in [9.17, 15) is 14.0 Å². The lowest BCUT2D eigenvalue weighted by Crippen LogP contribution is -2.27. The van der Waals surface area contributed by atoms with Crippen LogP contribution in [0.4, 0.5) is 10.3 Å². The van der Waals surface area contributed by atoms with E-state index in [2.05, 4.69) is 20.7 Å². The van der Waals surface area contributed by atoms with Crippen LogP contribution in [0.15, 0.2) is 65.8 Å². The van der Waals surface area contributed by atoms with Crippen molar-refractivity contribution in [2.75, 3.05) is 11.1 Å². The maximum absolute atomic E-state index is 13.5. The molecule has 0 unspecified atom stereocenters. The minimum absolute atomic E-state index is 0.00115. The largest absolute Gasteiger partial charge is 0.350 e. The molecule has 1 heterocycles. The summed E-state index contributed by atoms with van der Waals surface area (Å²) in [5.74, 6) is -0.237. The van der Waals surface area contributed by atoms with Gasteiger partial charge in [0.2, 0.25) is 17.8 Å². The first-order chi connectivity index (χ1) is 14.1. The van der Waals surface area contributed by atoms with Crippen molar-refractivity contribution in [1.29, 1.82) is 0 Å². The molecule has 2 amide bonds. The first-order valence-corrected chi connectivity index (χ1v) is 9.96. The Kier molecular flexibility index (Phi) is 7.34. The smallest absolute Gasteiger partial charge is 0.248 e. The summed E-state index contributed by atoms with van der Waals surface area (Å²) in [6, 6.07) is 16.0. The van der Waals surface area contributed by atoms with E-state index in [1.54, 1.807) is 18.2 Å². The molecular formula is C20H20FN5O2S. The zero-order chi connectivity index (χ0) is 20.5. The van der Waals surface area contributed by atoms with Crippen molar-refractivity contribution >= 4 is 29.5 Å². The van der Waals surface area contributed by atoms with E-state index in [0.717, 1.165) is 5.56 Å². The molecule has 0 saturated carbocycles. The van der Waals surface area contributed by atoms with Crippen LogP contribution in [-0.2, 0) is 22.7 Å². The molecule has 150 valence electrons. The van der Waals surface area contributed by atoms with Crippen LogP contribution in [0.3, 0.4) is 0 Å². The van der Waals surface area contributed by atoms with Gasteiger partial charge in [0.05, 0.1) is 0 Å². The molecule has 29 heavy (non-hydrogen) atoms. The topological polar surface area (TPSA) is 88.9 Å². The molecule has 0 aliphatic heterocycles. The minimum Gasteiger partial charge on any atom is -0.350 e. The van der Waals surface area contributed by atoms with Gasteiger partial charge < -0.3 is 5.32 Å². The van der Waals surface area contributed by atoms with Crippen LogP contribution in [-0.4, -0.2) is 32.3 Å². The standard InChI is InChI=1S/C20H20FN5O2S/c21-16-8-4-5-9-17(16)29-11-10-18(27)24-20-23-14-26(25-20)13-19(28)22-12-15-6-2-1-3-7-15/h1-9,14H,10-13H2,(H,22,28)(H,24,25,27). The number of anilines is 1. The summed E-state index contributed by atoms with van der Waals surface area (Å²) >= 11 is 1.27. The highest BCUT2D eigenvalue weighted by Crippen LogP contribution is 2.21. The van der Waals surface area contributed by atoms with Gasteiger partial charge in [-0.3, -0.25) is 14.9 Å². The number of benzene rings is 2. The summed E-state index contributed by atoms with van der Waals surface area (Å²) in [4.78, 5) is 28.5. The molecule has 0 atom stereocenters. The number of aromatic nitrogens is 3. The average Bonchev–Trinajstić information content (AvgIpc) is 3.15. The fourth-order valence-corrected chi connectivity index (χ4v) is 3.32. The van der Waals surface area contributed by atoms with Crippen molar-refractivity contribution in [3.8, 4) is 0 Å². The third-order valence-electron chi connectivity index (χ3n) is 3.85. The number of hydrogen-bond acceptors (Lipinski definition) is 5. The number of thioether (sulfide) groups is 1. The summed E-state index contributed by atoms with van der Waals surface area (Å²) in [7, 11) is 0. The quantitative estimate of drug-likeness (QED) is 0.527. The Hall–Kier alpha value is -3.20. The number of carbonyl (C=O) groups is 2. The summed E-state index contributed by atoms with van der Waals surface area (Å²) in [6.45, 7) is 0.427. The fraction of sp³-hybridized carbons (Fsp3) is 0.200. The molecule has 1 aromatic heterocycles. The highest BCUT2D eigenvalue weighted by atomic mass is 32.2. The van der Waals surface area contributed by atoms with Crippen molar-refractivity contribution in [3.05, 3.63) is 72.3 Å². The zero-order valence-electron chi connectivity index (χ0n) is 15.5. The molecule has 0 spiro atoms. The van der Waals surface area contributed by atoms with Crippen molar-refractivity contribution in [2.24, 2.45) is 0 Å². The Morgan fingerprint density at radius 2 is 1.79 bits per heavy atom. The van der Waals surface area contributed by atoms with Crippen LogP contribution in [0.5, 0.6) is 0 Å².